The minimum Gasteiger partial charge on any atom is -0.357 e. The molecule has 0 radical (unpaired) electrons. The van der Waals surface area contributed by atoms with Crippen LogP contribution >= 0.6 is 0 Å². The zero-order valence-corrected chi connectivity index (χ0v) is 14.1. The number of aromatic nitrogens is 4. The van der Waals surface area contributed by atoms with Gasteiger partial charge in [-0.25, -0.2) is 14.6 Å². The third kappa shape index (κ3) is 2.87. The van der Waals surface area contributed by atoms with Crippen LogP contribution in [0, 0.1) is 0 Å². The Morgan fingerprint density at radius 2 is 2.00 bits per heavy atom. The molecular formula is C19H21N5O. The molecule has 25 heavy (non-hydrogen) atoms. The molecule has 6 heteroatoms. The average Bonchev–Trinajstić information content (AvgIpc) is 3.43. The zero-order valence-electron chi connectivity index (χ0n) is 14.1. The highest BCUT2D eigenvalue weighted by Gasteiger charge is 2.31. The van der Waals surface area contributed by atoms with E-state index in [4.69, 9.17) is 9.84 Å². The van der Waals surface area contributed by atoms with Gasteiger partial charge < -0.3 is 10.1 Å². The van der Waals surface area contributed by atoms with Crippen LogP contribution in [0.2, 0.25) is 0 Å². The van der Waals surface area contributed by atoms with Crippen molar-refractivity contribution < 1.29 is 4.74 Å². The summed E-state index contributed by atoms with van der Waals surface area (Å²) in [5.41, 5.74) is 2.21. The van der Waals surface area contributed by atoms with E-state index in [0.717, 1.165) is 42.0 Å². The number of fused-ring (bicyclic) bond motifs is 1. The molecule has 2 aliphatic rings. The Labute approximate surface area is 146 Å². The van der Waals surface area contributed by atoms with Crippen molar-refractivity contribution >= 4 is 22.5 Å². The maximum absolute atomic E-state index is 5.96. The summed E-state index contributed by atoms with van der Waals surface area (Å²) in [6.07, 6.45) is 7.54. The minimum atomic E-state index is 0.0713. The van der Waals surface area contributed by atoms with Crippen LogP contribution < -0.4 is 5.32 Å². The molecule has 1 N–H and O–H groups in total. The van der Waals surface area contributed by atoms with Crippen LogP contribution in [0.15, 0.2) is 36.7 Å². The molecule has 0 bridgehead atoms. The van der Waals surface area contributed by atoms with E-state index in [1.165, 1.54) is 25.0 Å². The molecule has 2 fully saturated rings. The van der Waals surface area contributed by atoms with Gasteiger partial charge in [0, 0.05) is 29.7 Å². The van der Waals surface area contributed by atoms with E-state index in [1.54, 1.807) is 6.33 Å². The first-order valence-corrected chi connectivity index (χ1v) is 9.06. The number of benzene rings is 1. The summed E-state index contributed by atoms with van der Waals surface area (Å²) in [7, 11) is 0. The number of hydrogen-bond donors (Lipinski definition) is 1. The normalized spacial score (nSPS) is 20.7. The van der Waals surface area contributed by atoms with Gasteiger partial charge in [0.15, 0.2) is 12.0 Å². The summed E-state index contributed by atoms with van der Waals surface area (Å²) in [4.78, 5) is 8.73. The van der Waals surface area contributed by atoms with Crippen molar-refractivity contribution in [3.05, 3.63) is 42.4 Å². The molecule has 128 valence electrons. The number of nitrogens with zero attached hydrogens (tertiary/aromatic N) is 4. The lowest BCUT2D eigenvalue weighted by atomic mass is 10.2. The molecule has 1 aliphatic heterocycles. The molecule has 3 aromatic rings. The van der Waals surface area contributed by atoms with E-state index in [1.807, 2.05) is 24.3 Å². The van der Waals surface area contributed by atoms with Gasteiger partial charge in [0.25, 0.3) is 0 Å². The van der Waals surface area contributed by atoms with Crippen molar-refractivity contribution in [1.82, 2.24) is 19.7 Å². The van der Waals surface area contributed by atoms with Crippen LogP contribution in [0.5, 0.6) is 0 Å². The quantitative estimate of drug-likeness (QED) is 0.776. The second kappa shape index (κ2) is 6.11. The number of anilines is 2. The fourth-order valence-corrected chi connectivity index (χ4v) is 3.53. The molecule has 1 aliphatic carbocycles. The second-order valence-corrected chi connectivity index (χ2v) is 6.86. The fourth-order valence-electron chi connectivity index (χ4n) is 3.53. The molecule has 1 aromatic carbocycles. The molecule has 1 saturated heterocycles. The fraction of sp³-hybridized carbons (Fsp3) is 0.421. The molecule has 5 rings (SSSR count). The molecule has 0 amide bonds. The number of para-hydroxylation sites is 1. The van der Waals surface area contributed by atoms with Gasteiger partial charge in [-0.3, -0.25) is 0 Å². The van der Waals surface area contributed by atoms with Gasteiger partial charge in [0.05, 0.1) is 5.52 Å². The number of hydrogen-bond acceptors (Lipinski definition) is 5. The van der Waals surface area contributed by atoms with Crippen LogP contribution in [-0.4, -0.2) is 26.4 Å². The topological polar surface area (TPSA) is 64.9 Å². The molecule has 6 nitrogen and oxygen atoms in total. The van der Waals surface area contributed by atoms with E-state index in [9.17, 15) is 0 Å². The number of rotatable bonds is 4. The first-order valence-electron chi connectivity index (χ1n) is 9.06. The van der Waals surface area contributed by atoms with Crippen molar-refractivity contribution in [3.8, 4) is 0 Å². The highest BCUT2D eigenvalue weighted by atomic mass is 16.5. The first-order chi connectivity index (χ1) is 12.4. The summed E-state index contributed by atoms with van der Waals surface area (Å²) in [6, 6.07) is 10.2. The third-order valence-electron chi connectivity index (χ3n) is 4.98. The summed E-state index contributed by atoms with van der Waals surface area (Å²) >= 11 is 0. The molecule has 1 unspecified atom stereocenters. The SMILES string of the molecule is c1ccc2c(Nc3cc(C4CC4)n(C4CCCCO4)n3)ncnc2c1. The first kappa shape index (κ1) is 14.8. The Morgan fingerprint density at radius 1 is 1.08 bits per heavy atom. The van der Waals surface area contributed by atoms with Crippen LogP contribution in [0.3, 0.4) is 0 Å². The van der Waals surface area contributed by atoms with Gasteiger partial charge in [0.1, 0.15) is 12.1 Å². The molecule has 1 saturated carbocycles. The Bertz CT molecular complexity index is 890. The van der Waals surface area contributed by atoms with Crippen molar-refractivity contribution in [2.24, 2.45) is 0 Å². The van der Waals surface area contributed by atoms with E-state index in [2.05, 4.69) is 26.0 Å². The van der Waals surface area contributed by atoms with E-state index >= 15 is 0 Å². The largest absolute Gasteiger partial charge is 0.357 e. The summed E-state index contributed by atoms with van der Waals surface area (Å²) in [5, 5.41) is 9.21. The number of ether oxygens (including phenoxy) is 1. The average molecular weight is 335 g/mol. The maximum atomic E-state index is 5.96. The van der Waals surface area contributed by atoms with Crippen molar-refractivity contribution in [2.45, 2.75) is 44.2 Å². The molecule has 3 heterocycles. The Kier molecular flexibility index (Phi) is 3.63. The van der Waals surface area contributed by atoms with Gasteiger partial charge in [-0.05, 0) is 44.2 Å². The lowest BCUT2D eigenvalue weighted by molar-refractivity contribution is -0.0409. The third-order valence-corrected chi connectivity index (χ3v) is 4.98. The molecule has 0 spiro atoms. The van der Waals surface area contributed by atoms with Gasteiger partial charge >= 0.3 is 0 Å². The highest BCUT2D eigenvalue weighted by molar-refractivity contribution is 5.90. The van der Waals surface area contributed by atoms with Crippen LogP contribution in [0.25, 0.3) is 10.9 Å². The Morgan fingerprint density at radius 3 is 2.84 bits per heavy atom. The summed E-state index contributed by atoms with van der Waals surface area (Å²) < 4.78 is 8.06. The highest BCUT2D eigenvalue weighted by Crippen LogP contribution is 2.43. The van der Waals surface area contributed by atoms with Crippen LogP contribution in [0.1, 0.15) is 49.9 Å². The number of nitrogens with one attached hydrogen (secondary N) is 1. The maximum Gasteiger partial charge on any atom is 0.153 e. The lowest BCUT2D eigenvalue weighted by Crippen LogP contribution is -2.20. The monoisotopic (exact) mass is 335 g/mol. The smallest absolute Gasteiger partial charge is 0.153 e. The predicted octanol–water partition coefficient (Wildman–Crippen LogP) is 4.15. The van der Waals surface area contributed by atoms with E-state index in [0.29, 0.717) is 5.92 Å². The zero-order chi connectivity index (χ0) is 16.6. The van der Waals surface area contributed by atoms with Crippen molar-refractivity contribution in [3.63, 3.8) is 0 Å². The molecule has 2 aromatic heterocycles. The van der Waals surface area contributed by atoms with E-state index < -0.39 is 0 Å². The summed E-state index contributed by atoms with van der Waals surface area (Å²) in [6.45, 7) is 0.827. The van der Waals surface area contributed by atoms with Gasteiger partial charge in [-0.15, -0.1) is 0 Å². The van der Waals surface area contributed by atoms with E-state index in [-0.39, 0.29) is 6.23 Å². The summed E-state index contributed by atoms with van der Waals surface area (Å²) in [5.74, 6) is 2.25. The Hall–Kier alpha value is -2.47. The second-order valence-electron chi connectivity index (χ2n) is 6.86. The molecule has 1 atom stereocenters. The lowest BCUT2D eigenvalue weighted by Gasteiger charge is -2.24. The van der Waals surface area contributed by atoms with Gasteiger partial charge in [-0.2, -0.15) is 5.10 Å². The van der Waals surface area contributed by atoms with Crippen molar-refractivity contribution in [1.29, 1.82) is 0 Å². The van der Waals surface area contributed by atoms with Crippen LogP contribution in [0.4, 0.5) is 11.6 Å². The standard InChI is InChI=1S/C19H21N5O/c1-2-6-15-14(5-1)19(21-12-20-15)22-17-11-16(13-8-9-13)24(23-17)18-7-3-4-10-25-18/h1-2,5-6,11-13,18H,3-4,7-10H2,(H,20,21,22,23). The van der Waals surface area contributed by atoms with Gasteiger partial charge in [-0.1, -0.05) is 12.1 Å². The minimum absolute atomic E-state index is 0.0713. The predicted molar refractivity (Wildman–Crippen MR) is 95.9 cm³/mol. The van der Waals surface area contributed by atoms with Crippen LogP contribution in [-0.2, 0) is 4.74 Å². The van der Waals surface area contributed by atoms with Crippen molar-refractivity contribution in [2.75, 3.05) is 11.9 Å². The Balaban J connectivity index is 1.49. The molecular weight excluding hydrogens is 314 g/mol. The van der Waals surface area contributed by atoms with Gasteiger partial charge in [0.2, 0.25) is 0 Å².